The number of hydrogen-bond donors (Lipinski definition) is 2. The third kappa shape index (κ3) is 6.42. The van der Waals surface area contributed by atoms with Crippen LogP contribution in [0.2, 0.25) is 0 Å². The standard InChI is InChI=1S/C33H42N2O7/c1-21(2)10-15-41-27-9-6-23(20-28(27)39-4)30-29(31(36)24-7-8-26-25(19-24)18-22(3)42-26)32(37)33(38)35(30)12-5-11-34-13-16-40-17-14-34/h6-9,19-22,30,36H,5,10-18H2,1-4H3/p+1/t22-,30+/m0/s1. The number of morpholine rings is 1. The second-order valence-electron chi connectivity index (χ2n) is 11.9. The van der Waals surface area contributed by atoms with Crippen molar-refractivity contribution in [1.29, 1.82) is 0 Å². The van der Waals surface area contributed by atoms with Crippen LogP contribution in [-0.4, -0.2) is 80.9 Å². The van der Waals surface area contributed by atoms with Crippen molar-refractivity contribution in [3.05, 3.63) is 58.7 Å². The lowest BCUT2D eigenvalue weighted by Crippen LogP contribution is -3.14. The highest BCUT2D eigenvalue weighted by atomic mass is 16.5. The summed E-state index contributed by atoms with van der Waals surface area (Å²) in [5.41, 5.74) is 2.23. The number of hydrogen-bond acceptors (Lipinski definition) is 7. The number of benzene rings is 2. The molecule has 42 heavy (non-hydrogen) atoms. The highest BCUT2D eigenvalue weighted by molar-refractivity contribution is 6.46. The van der Waals surface area contributed by atoms with Gasteiger partial charge in [0.25, 0.3) is 11.7 Å². The molecule has 9 heteroatoms. The van der Waals surface area contributed by atoms with Gasteiger partial charge in [0.1, 0.15) is 30.7 Å². The van der Waals surface area contributed by atoms with Gasteiger partial charge in [0.15, 0.2) is 11.5 Å². The Morgan fingerprint density at radius 3 is 2.64 bits per heavy atom. The van der Waals surface area contributed by atoms with Crippen molar-refractivity contribution in [2.75, 3.05) is 53.1 Å². The van der Waals surface area contributed by atoms with Gasteiger partial charge < -0.3 is 33.9 Å². The lowest BCUT2D eigenvalue weighted by molar-refractivity contribution is -0.908. The fraction of sp³-hybridized carbons (Fsp3) is 0.515. The van der Waals surface area contributed by atoms with Crippen molar-refractivity contribution in [2.24, 2.45) is 5.92 Å². The van der Waals surface area contributed by atoms with Crippen LogP contribution in [0.5, 0.6) is 17.2 Å². The molecule has 3 aliphatic rings. The molecule has 226 valence electrons. The number of rotatable bonds is 11. The summed E-state index contributed by atoms with van der Waals surface area (Å²) < 4.78 is 23.0. The van der Waals surface area contributed by atoms with Crippen molar-refractivity contribution < 1.29 is 38.5 Å². The van der Waals surface area contributed by atoms with Gasteiger partial charge in [-0.05, 0) is 60.7 Å². The molecular weight excluding hydrogens is 536 g/mol. The highest BCUT2D eigenvalue weighted by Gasteiger charge is 2.46. The highest BCUT2D eigenvalue weighted by Crippen LogP contribution is 2.43. The van der Waals surface area contributed by atoms with Crippen LogP contribution in [-0.2, 0) is 20.7 Å². The molecule has 1 amide bonds. The van der Waals surface area contributed by atoms with Crippen LogP contribution >= 0.6 is 0 Å². The number of nitrogens with zero attached hydrogens (tertiary/aromatic N) is 1. The summed E-state index contributed by atoms with van der Waals surface area (Å²) in [5.74, 6) is 0.928. The molecule has 2 aromatic rings. The molecule has 2 N–H and O–H groups in total. The Kier molecular flexibility index (Phi) is 9.38. The van der Waals surface area contributed by atoms with Crippen LogP contribution in [0.15, 0.2) is 42.0 Å². The Hall–Kier alpha value is -3.56. The normalized spacial score (nSPS) is 22.0. The minimum Gasteiger partial charge on any atom is -0.507 e. The first kappa shape index (κ1) is 29.9. The first-order chi connectivity index (χ1) is 20.3. The summed E-state index contributed by atoms with van der Waals surface area (Å²) >= 11 is 0. The minimum absolute atomic E-state index is 0.0466. The van der Waals surface area contributed by atoms with E-state index >= 15 is 0 Å². The average molecular weight is 580 g/mol. The molecule has 0 saturated carbocycles. The van der Waals surface area contributed by atoms with Crippen LogP contribution in [0.4, 0.5) is 0 Å². The third-order valence-corrected chi connectivity index (χ3v) is 8.29. The van der Waals surface area contributed by atoms with E-state index in [0.717, 1.165) is 57.0 Å². The summed E-state index contributed by atoms with van der Waals surface area (Å²) in [6.45, 7) is 11.4. The predicted octanol–water partition coefficient (Wildman–Crippen LogP) is 3.17. The molecule has 0 spiro atoms. The Balaban J connectivity index is 1.49. The van der Waals surface area contributed by atoms with Crippen molar-refractivity contribution in [3.63, 3.8) is 0 Å². The smallest absolute Gasteiger partial charge is 0.295 e. The number of nitrogens with one attached hydrogen (secondary N) is 1. The first-order valence-corrected chi connectivity index (χ1v) is 15.1. The van der Waals surface area contributed by atoms with E-state index in [1.165, 1.54) is 4.90 Å². The van der Waals surface area contributed by atoms with Crippen LogP contribution in [0.25, 0.3) is 5.76 Å². The monoisotopic (exact) mass is 579 g/mol. The molecule has 2 atom stereocenters. The number of carbonyl (C=O) groups is 2. The van der Waals surface area contributed by atoms with Crippen molar-refractivity contribution in [1.82, 2.24) is 4.90 Å². The topological polar surface area (TPSA) is 99.0 Å². The molecule has 0 radical (unpaired) electrons. The van der Waals surface area contributed by atoms with E-state index in [-0.39, 0.29) is 17.4 Å². The van der Waals surface area contributed by atoms with E-state index in [2.05, 4.69) is 13.8 Å². The quantitative estimate of drug-likeness (QED) is 0.240. The summed E-state index contributed by atoms with van der Waals surface area (Å²) in [4.78, 5) is 30.1. The molecule has 5 rings (SSSR count). The second kappa shape index (κ2) is 13.2. The van der Waals surface area contributed by atoms with E-state index in [0.29, 0.717) is 48.1 Å². The fourth-order valence-corrected chi connectivity index (χ4v) is 5.97. The number of amides is 1. The maximum atomic E-state index is 13.6. The lowest BCUT2D eigenvalue weighted by Gasteiger charge is -2.28. The Labute approximate surface area is 248 Å². The van der Waals surface area contributed by atoms with Crippen LogP contribution in [0.1, 0.15) is 56.3 Å². The zero-order valence-electron chi connectivity index (χ0n) is 25.1. The number of ketones is 1. The largest absolute Gasteiger partial charge is 0.507 e. The maximum absolute atomic E-state index is 13.6. The van der Waals surface area contributed by atoms with E-state index in [4.69, 9.17) is 18.9 Å². The zero-order valence-corrected chi connectivity index (χ0v) is 25.1. The molecule has 3 heterocycles. The molecule has 0 bridgehead atoms. The van der Waals surface area contributed by atoms with Crippen LogP contribution < -0.4 is 19.1 Å². The molecule has 3 aliphatic heterocycles. The SMILES string of the molecule is COc1cc([C@@H]2C(=C(O)c3ccc4c(c3)C[C@H](C)O4)C(=O)C(=O)N2CCC[NH+]2CCOCC2)ccc1OCCC(C)C. The fourth-order valence-electron chi connectivity index (χ4n) is 5.97. The maximum Gasteiger partial charge on any atom is 0.295 e. The molecule has 0 aromatic heterocycles. The number of ether oxygens (including phenoxy) is 4. The van der Waals surface area contributed by atoms with Gasteiger partial charge in [-0.1, -0.05) is 19.9 Å². The summed E-state index contributed by atoms with van der Waals surface area (Å²) in [7, 11) is 1.57. The van der Waals surface area contributed by atoms with Gasteiger partial charge in [0, 0.05) is 24.9 Å². The number of quaternary nitrogens is 1. The molecule has 0 aliphatic carbocycles. The van der Waals surface area contributed by atoms with Gasteiger partial charge in [-0.15, -0.1) is 0 Å². The summed E-state index contributed by atoms with van der Waals surface area (Å²) in [5, 5.41) is 11.6. The number of fused-ring (bicyclic) bond motifs is 1. The number of aliphatic hydroxyl groups is 1. The Bertz CT molecular complexity index is 1330. The van der Waals surface area contributed by atoms with E-state index in [9.17, 15) is 14.7 Å². The lowest BCUT2D eigenvalue weighted by atomic mass is 9.94. The summed E-state index contributed by atoms with van der Waals surface area (Å²) in [6, 6.07) is 10.1. The molecule has 9 nitrogen and oxygen atoms in total. The van der Waals surface area contributed by atoms with Crippen molar-refractivity contribution >= 4 is 17.4 Å². The zero-order chi connectivity index (χ0) is 29.8. The second-order valence-corrected chi connectivity index (χ2v) is 11.9. The van der Waals surface area contributed by atoms with Crippen molar-refractivity contribution in [3.8, 4) is 17.2 Å². The number of carbonyl (C=O) groups excluding carboxylic acids is 2. The third-order valence-electron chi connectivity index (χ3n) is 8.29. The van der Waals surface area contributed by atoms with Gasteiger partial charge in [0.2, 0.25) is 0 Å². The Morgan fingerprint density at radius 2 is 1.90 bits per heavy atom. The molecule has 2 fully saturated rings. The number of Topliss-reactive ketones (excluding diaryl/α,β-unsaturated/α-hetero) is 1. The molecular formula is C33H43N2O7+. The Morgan fingerprint density at radius 1 is 1.12 bits per heavy atom. The van der Waals surface area contributed by atoms with Gasteiger partial charge in [-0.2, -0.15) is 0 Å². The molecule has 0 unspecified atom stereocenters. The number of aliphatic hydroxyl groups excluding tert-OH is 1. The predicted molar refractivity (Wildman–Crippen MR) is 158 cm³/mol. The van der Waals surface area contributed by atoms with Crippen LogP contribution in [0, 0.1) is 5.92 Å². The van der Waals surface area contributed by atoms with Crippen molar-refractivity contribution in [2.45, 2.75) is 52.2 Å². The molecule has 2 aromatic carbocycles. The molecule has 2 saturated heterocycles. The summed E-state index contributed by atoms with van der Waals surface area (Å²) in [6.07, 6.45) is 2.39. The van der Waals surface area contributed by atoms with Gasteiger partial charge in [0.05, 0.1) is 45.1 Å². The number of methoxy groups -OCH3 is 1. The number of likely N-dealkylation sites (tertiary alicyclic amines) is 1. The van der Waals surface area contributed by atoms with Gasteiger partial charge in [-0.25, -0.2) is 0 Å². The average Bonchev–Trinajstić information content (AvgIpc) is 3.48. The van der Waals surface area contributed by atoms with E-state index in [1.807, 2.05) is 37.3 Å². The van der Waals surface area contributed by atoms with Gasteiger partial charge in [-0.3, -0.25) is 9.59 Å². The van der Waals surface area contributed by atoms with Crippen LogP contribution in [0.3, 0.4) is 0 Å². The first-order valence-electron chi connectivity index (χ1n) is 15.1. The van der Waals surface area contributed by atoms with Gasteiger partial charge >= 0.3 is 0 Å². The minimum atomic E-state index is -0.758. The van der Waals surface area contributed by atoms with E-state index in [1.54, 1.807) is 18.1 Å². The van der Waals surface area contributed by atoms with E-state index < -0.39 is 17.7 Å².